The summed E-state index contributed by atoms with van der Waals surface area (Å²) >= 11 is 11.4. The fourth-order valence-electron chi connectivity index (χ4n) is 1.29. The van der Waals surface area contributed by atoms with E-state index in [1.54, 1.807) is 0 Å². The molecule has 0 spiro atoms. The number of Topliss-reactive ketones (excluding diaryl/α,β-unsaturated/α-hetero) is 1. The van der Waals surface area contributed by atoms with E-state index in [-0.39, 0.29) is 22.2 Å². The number of hydrogen-bond acceptors (Lipinski definition) is 4. The number of carbonyl (C=O) groups is 2. The Morgan fingerprint density at radius 3 is 2.37 bits per heavy atom. The predicted molar refractivity (Wildman–Crippen MR) is 71.8 cm³/mol. The molecule has 0 unspecified atom stereocenters. The zero-order valence-corrected chi connectivity index (χ0v) is 12.1. The van der Waals surface area contributed by atoms with E-state index >= 15 is 0 Å². The van der Waals surface area contributed by atoms with Gasteiger partial charge in [-0.2, -0.15) is 0 Å². The lowest BCUT2D eigenvalue weighted by Crippen LogP contribution is -2.24. The Hall–Kier alpha value is -1.15. The van der Waals surface area contributed by atoms with Crippen molar-refractivity contribution >= 4 is 50.6 Å². The number of sulfonamides is 1. The summed E-state index contributed by atoms with van der Waals surface area (Å²) in [4.78, 5) is 22.2. The third-order valence-corrected chi connectivity index (χ3v) is 3.75. The average Bonchev–Trinajstić information content (AvgIpc) is 2.24. The van der Waals surface area contributed by atoms with E-state index in [2.05, 4.69) is 5.32 Å². The predicted octanol–water partition coefficient (Wildman–Crippen LogP) is 1.56. The van der Waals surface area contributed by atoms with Gasteiger partial charge in [-0.25, -0.2) is 13.6 Å². The zero-order chi connectivity index (χ0) is 14.8. The second-order valence-electron chi connectivity index (χ2n) is 3.54. The van der Waals surface area contributed by atoms with Crippen LogP contribution in [0, 0.1) is 0 Å². The van der Waals surface area contributed by atoms with Gasteiger partial charge in [-0.3, -0.25) is 9.59 Å². The maximum Gasteiger partial charge on any atom is 0.291 e. The van der Waals surface area contributed by atoms with Gasteiger partial charge in [0, 0.05) is 11.4 Å². The van der Waals surface area contributed by atoms with Crippen LogP contribution >= 0.6 is 23.2 Å². The minimum absolute atomic E-state index is 0.0230. The first-order valence-electron chi connectivity index (χ1n) is 5.02. The summed E-state index contributed by atoms with van der Waals surface area (Å²) in [5, 5.41) is 6.99. The molecule has 1 amide bonds. The smallest absolute Gasteiger partial charge is 0.291 e. The first-order valence-corrected chi connectivity index (χ1v) is 7.33. The normalized spacial score (nSPS) is 11.2. The lowest BCUT2D eigenvalue weighted by Gasteiger charge is -2.11. The number of benzene rings is 1. The number of primary sulfonamides is 1. The molecule has 0 bridgehead atoms. The number of halogens is 2. The fourth-order valence-corrected chi connectivity index (χ4v) is 2.86. The number of carbonyl (C=O) groups excluding carboxylic acids is 2. The summed E-state index contributed by atoms with van der Waals surface area (Å²) in [6.45, 7) is 1.49. The van der Waals surface area contributed by atoms with Gasteiger partial charge >= 0.3 is 0 Å². The van der Waals surface area contributed by atoms with Crippen molar-refractivity contribution in [2.75, 3.05) is 5.32 Å². The molecule has 1 aromatic rings. The topological polar surface area (TPSA) is 106 Å². The molecule has 0 aliphatic heterocycles. The van der Waals surface area contributed by atoms with Crippen molar-refractivity contribution in [2.24, 2.45) is 5.14 Å². The lowest BCUT2D eigenvalue weighted by atomic mass is 10.2. The highest BCUT2D eigenvalue weighted by molar-refractivity contribution is 7.89. The first-order chi connectivity index (χ1) is 8.66. The summed E-state index contributed by atoms with van der Waals surface area (Å²) in [5.74, 6) is -1.68. The van der Waals surface area contributed by atoms with E-state index < -0.39 is 26.6 Å². The highest BCUT2D eigenvalue weighted by Crippen LogP contribution is 2.32. The van der Waals surface area contributed by atoms with E-state index in [0.29, 0.717) is 0 Å². The van der Waals surface area contributed by atoms with Gasteiger partial charge in [0.15, 0.2) is 0 Å². The molecule has 19 heavy (non-hydrogen) atoms. The molecule has 0 saturated carbocycles. The number of anilines is 1. The van der Waals surface area contributed by atoms with Crippen molar-refractivity contribution in [3.8, 4) is 0 Å². The average molecular weight is 325 g/mol. The van der Waals surface area contributed by atoms with E-state index in [1.165, 1.54) is 13.0 Å². The second kappa shape index (κ2) is 5.87. The van der Waals surface area contributed by atoms with E-state index in [4.69, 9.17) is 28.3 Å². The minimum atomic E-state index is -4.18. The quantitative estimate of drug-likeness (QED) is 0.819. The van der Waals surface area contributed by atoms with E-state index in [9.17, 15) is 18.0 Å². The van der Waals surface area contributed by atoms with Crippen LogP contribution in [-0.2, 0) is 19.6 Å². The maximum atomic E-state index is 11.5. The summed E-state index contributed by atoms with van der Waals surface area (Å²) in [6.07, 6.45) is -0.0230. The molecule has 104 valence electrons. The first kappa shape index (κ1) is 15.9. The zero-order valence-electron chi connectivity index (χ0n) is 9.74. The number of nitrogens with two attached hydrogens (primary N) is 1. The molecule has 0 fully saturated rings. The Balaban J connectivity index is 3.35. The molecule has 9 heteroatoms. The van der Waals surface area contributed by atoms with Crippen LogP contribution in [0.3, 0.4) is 0 Å². The Morgan fingerprint density at radius 1 is 1.32 bits per heavy atom. The van der Waals surface area contributed by atoms with E-state index in [0.717, 1.165) is 6.07 Å². The molecule has 0 atom stereocenters. The van der Waals surface area contributed by atoms with Gasteiger partial charge in [0.2, 0.25) is 15.8 Å². The molecule has 1 rings (SSSR count). The minimum Gasteiger partial charge on any atom is -0.318 e. The van der Waals surface area contributed by atoms with Crippen LogP contribution in [0.15, 0.2) is 17.0 Å². The molecule has 0 aliphatic carbocycles. The van der Waals surface area contributed by atoms with Gasteiger partial charge in [-0.15, -0.1) is 0 Å². The fraction of sp³-hybridized carbons (Fsp3) is 0.200. The number of nitrogens with one attached hydrogen (secondary N) is 1. The SMILES string of the molecule is CCC(=O)C(=O)Nc1cc(Cl)cc(Cl)c1S(N)(=O)=O. The van der Waals surface area contributed by atoms with Crippen molar-refractivity contribution in [1.82, 2.24) is 0 Å². The Bertz CT molecular complexity index is 643. The van der Waals surface area contributed by atoms with Crippen LogP contribution in [0.4, 0.5) is 5.69 Å². The third-order valence-electron chi connectivity index (χ3n) is 2.12. The number of amides is 1. The molecule has 6 nitrogen and oxygen atoms in total. The Morgan fingerprint density at radius 2 is 1.89 bits per heavy atom. The highest BCUT2D eigenvalue weighted by atomic mass is 35.5. The molecule has 0 saturated heterocycles. The number of hydrogen-bond donors (Lipinski definition) is 2. The van der Waals surface area contributed by atoms with Gasteiger partial charge in [0.1, 0.15) is 4.90 Å². The molecule has 1 aromatic carbocycles. The summed E-state index contributed by atoms with van der Waals surface area (Å²) in [6, 6.07) is 2.31. The molecule has 0 aliphatic rings. The molecular weight excluding hydrogens is 315 g/mol. The van der Waals surface area contributed by atoms with Crippen molar-refractivity contribution in [1.29, 1.82) is 0 Å². The van der Waals surface area contributed by atoms with Gasteiger partial charge in [-0.1, -0.05) is 30.1 Å². The summed E-state index contributed by atoms with van der Waals surface area (Å²) in [7, 11) is -4.18. The summed E-state index contributed by atoms with van der Waals surface area (Å²) in [5.41, 5.74) is -0.230. The van der Waals surface area contributed by atoms with Crippen molar-refractivity contribution < 1.29 is 18.0 Å². The second-order valence-corrected chi connectivity index (χ2v) is 5.88. The van der Waals surface area contributed by atoms with Crippen LogP contribution in [0.5, 0.6) is 0 Å². The lowest BCUT2D eigenvalue weighted by molar-refractivity contribution is -0.134. The van der Waals surface area contributed by atoms with E-state index in [1.807, 2.05) is 0 Å². The van der Waals surface area contributed by atoms with Crippen LogP contribution in [0.2, 0.25) is 10.0 Å². The monoisotopic (exact) mass is 324 g/mol. The summed E-state index contributed by atoms with van der Waals surface area (Å²) < 4.78 is 22.8. The molecule has 0 heterocycles. The molecule has 0 aromatic heterocycles. The van der Waals surface area contributed by atoms with Gasteiger partial charge in [-0.05, 0) is 12.1 Å². The van der Waals surface area contributed by atoms with Gasteiger partial charge < -0.3 is 5.32 Å². The Labute approximate surface area is 119 Å². The van der Waals surface area contributed by atoms with Gasteiger partial charge in [0.05, 0.1) is 10.7 Å². The molecule has 3 N–H and O–H groups in total. The highest BCUT2D eigenvalue weighted by Gasteiger charge is 2.22. The van der Waals surface area contributed by atoms with Crippen LogP contribution < -0.4 is 10.5 Å². The van der Waals surface area contributed by atoms with Crippen LogP contribution in [0.1, 0.15) is 13.3 Å². The number of ketones is 1. The van der Waals surface area contributed by atoms with Crippen molar-refractivity contribution in [2.45, 2.75) is 18.2 Å². The third kappa shape index (κ3) is 3.90. The van der Waals surface area contributed by atoms with Crippen LogP contribution in [0.25, 0.3) is 0 Å². The molecular formula is C10H10Cl2N2O4S. The largest absolute Gasteiger partial charge is 0.318 e. The van der Waals surface area contributed by atoms with Crippen molar-refractivity contribution in [3.05, 3.63) is 22.2 Å². The van der Waals surface area contributed by atoms with Crippen LogP contribution in [-0.4, -0.2) is 20.1 Å². The standard InChI is InChI=1S/C10H10Cl2N2O4S/c1-2-8(15)10(16)14-7-4-5(11)3-6(12)9(7)19(13,17)18/h3-4H,2H2,1H3,(H,14,16)(H2,13,17,18). The maximum absolute atomic E-state index is 11.5. The van der Waals surface area contributed by atoms with Crippen molar-refractivity contribution in [3.63, 3.8) is 0 Å². The number of rotatable bonds is 4. The Kier molecular flexibility index (Phi) is 4.92. The molecule has 0 radical (unpaired) electrons. The van der Waals surface area contributed by atoms with Gasteiger partial charge in [0.25, 0.3) is 5.91 Å².